The third-order valence-electron chi connectivity index (χ3n) is 4.85. The molecular formula is C23H23N3S. The van der Waals surface area contributed by atoms with Crippen LogP contribution >= 0.6 is 11.8 Å². The van der Waals surface area contributed by atoms with Crippen LogP contribution in [-0.4, -0.2) is 14.6 Å². The van der Waals surface area contributed by atoms with Crippen molar-refractivity contribution in [1.82, 2.24) is 14.6 Å². The molecule has 0 aliphatic rings. The van der Waals surface area contributed by atoms with Crippen LogP contribution in [0, 0.1) is 6.92 Å². The third-order valence-corrected chi connectivity index (χ3v) is 5.90. The van der Waals surface area contributed by atoms with Gasteiger partial charge in [0.15, 0.2) is 0 Å². The number of fused-ring (bicyclic) bond motifs is 1. The monoisotopic (exact) mass is 373 g/mol. The highest BCUT2D eigenvalue weighted by molar-refractivity contribution is 7.98. The zero-order chi connectivity index (χ0) is 18.8. The van der Waals surface area contributed by atoms with Gasteiger partial charge < -0.3 is 0 Å². The van der Waals surface area contributed by atoms with Gasteiger partial charge in [0.05, 0.1) is 11.2 Å². The Morgan fingerprint density at radius 3 is 2.56 bits per heavy atom. The maximum Gasteiger partial charge on any atom is 0.122 e. The molecule has 2 heterocycles. The Bertz CT molecular complexity index is 1060. The summed E-state index contributed by atoms with van der Waals surface area (Å²) in [6, 6.07) is 19.3. The fraction of sp³-hybridized carbons (Fsp3) is 0.217. The van der Waals surface area contributed by atoms with Crippen molar-refractivity contribution in [3.8, 4) is 11.3 Å². The second-order valence-electron chi connectivity index (χ2n) is 7.08. The number of thioether (sulfide) groups is 1. The molecule has 0 bridgehead atoms. The largest absolute Gasteiger partial charge is 0.246 e. The first-order valence-electron chi connectivity index (χ1n) is 9.24. The van der Waals surface area contributed by atoms with E-state index in [1.807, 2.05) is 16.9 Å². The highest BCUT2D eigenvalue weighted by Gasteiger charge is 2.11. The molecule has 4 aromatic rings. The lowest BCUT2D eigenvalue weighted by Gasteiger charge is -2.05. The van der Waals surface area contributed by atoms with E-state index in [2.05, 4.69) is 80.4 Å². The van der Waals surface area contributed by atoms with Gasteiger partial charge in [0.25, 0.3) is 0 Å². The smallest absolute Gasteiger partial charge is 0.122 e. The molecule has 0 unspecified atom stereocenters. The van der Waals surface area contributed by atoms with Crippen molar-refractivity contribution < 1.29 is 0 Å². The van der Waals surface area contributed by atoms with Gasteiger partial charge in [0.2, 0.25) is 0 Å². The summed E-state index contributed by atoms with van der Waals surface area (Å²) in [6.07, 6.45) is 3.74. The van der Waals surface area contributed by atoms with Gasteiger partial charge >= 0.3 is 0 Å². The van der Waals surface area contributed by atoms with Crippen molar-refractivity contribution in [3.05, 3.63) is 83.7 Å². The van der Waals surface area contributed by atoms with Crippen LogP contribution in [0.3, 0.4) is 0 Å². The van der Waals surface area contributed by atoms with E-state index in [1.165, 1.54) is 16.7 Å². The van der Waals surface area contributed by atoms with Gasteiger partial charge in [0, 0.05) is 23.7 Å². The van der Waals surface area contributed by atoms with Gasteiger partial charge in [-0.05, 0) is 35.6 Å². The Labute approximate surface area is 164 Å². The summed E-state index contributed by atoms with van der Waals surface area (Å²) in [4.78, 5) is 4.60. The van der Waals surface area contributed by atoms with Gasteiger partial charge in [-0.1, -0.05) is 74.1 Å². The number of hydrogen-bond acceptors (Lipinski definition) is 3. The average Bonchev–Trinajstić information content (AvgIpc) is 3.12. The van der Waals surface area contributed by atoms with Crippen LogP contribution < -0.4 is 0 Å². The molecule has 0 saturated heterocycles. The van der Waals surface area contributed by atoms with Gasteiger partial charge in [-0.15, -0.1) is 0 Å². The number of aryl methyl sites for hydroxylation is 1. The van der Waals surface area contributed by atoms with Crippen molar-refractivity contribution >= 4 is 17.3 Å². The molecule has 0 spiro atoms. The second-order valence-corrected chi connectivity index (χ2v) is 8.05. The third kappa shape index (κ3) is 3.76. The van der Waals surface area contributed by atoms with Gasteiger partial charge in [0.1, 0.15) is 5.03 Å². The number of nitrogens with zero attached hydrogens (tertiary/aromatic N) is 3. The highest BCUT2D eigenvalue weighted by atomic mass is 32.2. The zero-order valence-corrected chi connectivity index (χ0v) is 16.7. The molecule has 136 valence electrons. The van der Waals surface area contributed by atoms with E-state index >= 15 is 0 Å². The Morgan fingerprint density at radius 2 is 1.81 bits per heavy atom. The summed E-state index contributed by atoms with van der Waals surface area (Å²) in [5.41, 5.74) is 7.18. The van der Waals surface area contributed by atoms with E-state index in [9.17, 15) is 0 Å². The lowest BCUT2D eigenvalue weighted by molar-refractivity contribution is 0.866. The molecule has 0 aliphatic heterocycles. The summed E-state index contributed by atoms with van der Waals surface area (Å²) in [6.45, 7) is 6.58. The second kappa shape index (κ2) is 7.57. The molecular weight excluding hydrogens is 350 g/mol. The Morgan fingerprint density at radius 1 is 1.04 bits per heavy atom. The average molecular weight is 374 g/mol. The molecule has 27 heavy (non-hydrogen) atoms. The summed E-state index contributed by atoms with van der Waals surface area (Å²) in [5.74, 6) is 1.44. The quantitative estimate of drug-likeness (QED) is 0.395. The minimum atomic E-state index is 0.536. The first kappa shape index (κ1) is 17.8. The lowest BCUT2D eigenvalue weighted by Crippen LogP contribution is -1.92. The fourth-order valence-corrected chi connectivity index (χ4v) is 4.16. The Hall–Kier alpha value is -2.59. The number of hydrogen-bond donors (Lipinski definition) is 0. The van der Waals surface area contributed by atoms with Crippen LogP contribution in [0.1, 0.15) is 36.5 Å². The minimum Gasteiger partial charge on any atom is -0.246 e. The van der Waals surface area contributed by atoms with Crippen LogP contribution in [0.2, 0.25) is 0 Å². The topological polar surface area (TPSA) is 30.2 Å². The zero-order valence-electron chi connectivity index (χ0n) is 15.9. The van der Waals surface area contributed by atoms with E-state index in [-0.39, 0.29) is 0 Å². The van der Waals surface area contributed by atoms with E-state index in [4.69, 9.17) is 5.10 Å². The molecule has 0 fully saturated rings. The summed E-state index contributed by atoms with van der Waals surface area (Å²) in [5, 5.41) is 5.77. The van der Waals surface area contributed by atoms with Gasteiger partial charge in [-0.3, -0.25) is 0 Å². The van der Waals surface area contributed by atoms with E-state index < -0.39 is 0 Å². The molecule has 4 rings (SSSR count). The van der Waals surface area contributed by atoms with Crippen molar-refractivity contribution in [2.24, 2.45) is 0 Å². The van der Waals surface area contributed by atoms with E-state index in [1.54, 1.807) is 11.8 Å². The van der Waals surface area contributed by atoms with Crippen molar-refractivity contribution in [2.45, 2.75) is 37.5 Å². The molecule has 3 nitrogen and oxygen atoms in total. The van der Waals surface area contributed by atoms with Crippen LogP contribution in [0.4, 0.5) is 0 Å². The fourth-order valence-electron chi connectivity index (χ4n) is 3.11. The first-order chi connectivity index (χ1) is 13.1. The summed E-state index contributed by atoms with van der Waals surface area (Å²) >= 11 is 1.76. The number of aromatic nitrogens is 3. The van der Waals surface area contributed by atoms with Crippen molar-refractivity contribution in [1.29, 1.82) is 0 Å². The molecule has 0 radical (unpaired) electrons. The molecule has 0 atom stereocenters. The molecule has 0 saturated carbocycles. The molecule has 0 aliphatic carbocycles. The van der Waals surface area contributed by atoms with E-state index in [0.29, 0.717) is 5.92 Å². The molecule has 2 aromatic carbocycles. The number of rotatable bonds is 5. The van der Waals surface area contributed by atoms with Gasteiger partial charge in [-0.2, -0.15) is 5.10 Å². The van der Waals surface area contributed by atoms with Crippen LogP contribution in [0.5, 0.6) is 0 Å². The maximum absolute atomic E-state index is 4.75. The predicted molar refractivity (Wildman–Crippen MR) is 113 cm³/mol. The predicted octanol–water partition coefficient (Wildman–Crippen LogP) is 6.12. The normalized spacial score (nSPS) is 11.4. The standard InChI is InChI=1S/C23H23N3S/c1-16(2)18-8-10-19(11-9-18)21-14-22-23(24-12-13-26(22)25-21)27-15-20-7-5-4-6-17(20)3/h4-14,16H,15H2,1-3H3. The molecule has 0 N–H and O–H groups in total. The molecule has 2 aromatic heterocycles. The maximum atomic E-state index is 4.75. The number of benzene rings is 2. The summed E-state index contributed by atoms with van der Waals surface area (Å²) in [7, 11) is 0. The SMILES string of the molecule is Cc1ccccc1CSc1nccn2nc(-c3ccc(C(C)C)cc3)cc12. The van der Waals surface area contributed by atoms with Crippen LogP contribution in [0.15, 0.2) is 72.0 Å². The van der Waals surface area contributed by atoms with Gasteiger partial charge in [-0.25, -0.2) is 9.50 Å². The first-order valence-corrected chi connectivity index (χ1v) is 10.2. The Kier molecular flexibility index (Phi) is 4.99. The summed E-state index contributed by atoms with van der Waals surface area (Å²) < 4.78 is 1.93. The lowest BCUT2D eigenvalue weighted by atomic mass is 10.0. The molecule has 0 amide bonds. The van der Waals surface area contributed by atoms with Crippen molar-refractivity contribution in [3.63, 3.8) is 0 Å². The van der Waals surface area contributed by atoms with Crippen LogP contribution in [-0.2, 0) is 5.75 Å². The highest BCUT2D eigenvalue weighted by Crippen LogP contribution is 2.29. The molecule has 4 heteroatoms. The minimum absolute atomic E-state index is 0.536. The van der Waals surface area contributed by atoms with E-state index in [0.717, 1.165) is 27.6 Å². The Balaban J connectivity index is 1.63. The van der Waals surface area contributed by atoms with Crippen molar-refractivity contribution in [2.75, 3.05) is 0 Å². The van der Waals surface area contributed by atoms with Crippen LogP contribution in [0.25, 0.3) is 16.8 Å².